The number of fused-ring (bicyclic) bond motifs is 1. The quantitative estimate of drug-likeness (QED) is 0.206. The van der Waals surface area contributed by atoms with Crippen molar-refractivity contribution in [2.75, 3.05) is 0 Å². The Morgan fingerprint density at radius 1 is 1.10 bits per heavy atom. The Hall–Kier alpha value is -4.38. The average molecular weight is 568 g/mol. The van der Waals surface area contributed by atoms with E-state index in [2.05, 4.69) is 15.0 Å². The second-order valence-corrected chi connectivity index (χ2v) is 10.3. The second kappa shape index (κ2) is 10.6. The maximum absolute atomic E-state index is 13.0. The van der Waals surface area contributed by atoms with Crippen LogP contribution in [0.3, 0.4) is 0 Å². The summed E-state index contributed by atoms with van der Waals surface area (Å²) in [5.74, 6) is -0.838. The monoisotopic (exact) mass is 567 g/mol. The molecule has 0 bridgehead atoms. The van der Waals surface area contributed by atoms with E-state index in [4.69, 9.17) is 4.74 Å². The molecule has 0 aliphatic rings. The van der Waals surface area contributed by atoms with Crippen LogP contribution in [-0.4, -0.2) is 32.4 Å². The zero-order valence-corrected chi connectivity index (χ0v) is 22.5. The zero-order chi connectivity index (χ0) is 28.6. The van der Waals surface area contributed by atoms with E-state index in [0.717, 1.165) is 21.4 Å². The largest absolute Gasteiger partial charge is 0.573 e. The van der Waals surface area contributed by atoms with E-state index in [1.54, 1.807) is 11.4 Å². The number of carbonyl (C=O) groups is 1. The number of para-hydroxylation sites is 2. The van der Waals surface area contributed by atoms with E-state index < -0.39 is 18.1 Å². The summed E-state index contributed by atoms with van der Waals surface area (Å²) >= 11 is 1.38. The minimum absolute atomic E-state index is 0.0127. The number of rotatable bonds is 8. The highest BCUT2D eigenvalue weighted by Gasteiger charge is 2.33. The van der Waals surface area contributed by atoms with Crippen LogP contribution in [0.15, 0.2) is 66.0 Å². The summed E-state index contributed by atoms with van der Waals surface area (Å²) in [7, 11) is 0. The van der Waals surface area contributed by atoms with Crippen LogP contribution >= 0.6 is 11.3 Å². The van der Waals surface area contributed by atoms with Gasteiger partial charge in [-0.3, -0.25) is 0 Å². The number of alkyl halides is 3. The molecular weight excluding hydrogens is 543 g/mol. The Morgan fingerprint density at radius 3 is 2.58 bits per heavy atom. The van der Waals surface area contributed by atoms with Crippen LogP contribution in [0.1, 0.15) is 47.1 Å². The van der Waals surface area contributed by atoms with Crippen molar-refractivity contribution in [3.8, 4) is 28.3 Å². The van der Waals surface area contributed by atoms with Crippen LogP contribution in [0.4, 0.5) is 13.2 Å². The fourth-order valence-corrected chi connectivity index (χ4v) is 5.47. The standard InChI is InChI=1S/C29H24F3N3O4S/c1-16(2)27-24(35(34-33-27)23-6-4-5-7-25(23)39-29(30,31)32)14-38-19-9-11-20(17(3)12-19)18-8-10-21-22(28(36)37)15-40-26(21)13-18/h4-13,15-16H,14H2,1-3H3,(H,36,37). The first-order valence-electron chi connectivity index (χ1n) is 12.3. The fraction of sp³-hybridized carbons (Fsp3) is 0.207. The molecule has 0 fully saturated rings. The highest BCUT2D eigenvalue weighted by molar-refractivity contribution is 7.17. The third kappa shape index (κ3) is 5.50. The molecule has 0 aliphatic carbocycles. The minimum Gasteiger partial charge on any atom is -0.487 e. The van der Waals surface area contributed by atoms with Gasteiger partial charge in [-0.25, -0.2) is 9.48 Å². The number of ether oxygens (including phenoxy) is 2. The van der Waals surface area contributed by atoms with Crippen LogP contribution < -0.4 is 9.47 Å². The number of carboxylic acid groups (broad SMARTS) is 1. The second-order valence-electron chi connectivity index (χ2n) is 9.43. The fourth-order valence-electron chi connectivity index (χ4n) is 4.50. The summed E-state index contributed by atoms with van der Waals surface area (Å²) in [6.07, 6.45) is -4.86. The third-order valence-electron chi connectivity index (χ3n) is 6.35. The summed E-state index contributed by atoms with van der Waals surface area (Å²) in [6.45, 7) is 5.79. The molecule has 0 unspecified atom stereocenters. The van der Waals surface area contributed by atoms with Gasteiger partial charge < -0.3 is 14.6 Å². The topological polar surface area (TPSA) is 86.5 Å². The molecular formula is C29H24F3N3O4S. The Labute approximate surface area is 231 Å². The van der Waals surface area contributed by atoms with Crippen molar-refractivity contribution in [2.45, 2.75) is 39.7 Å². The molecule has 2 heterocycles. The third-order valence-corrected chi connectivity index (χ3v) is 7.29. The lowest BCUT2D eigenvalue weighted by molar-refractivity contribution is -0.274. The van der Waals surface area contributed by atoms with Gasteiger partial charge in [0.05, 0.1) is 11.3 Å². The van der Waals surface area contributed by atoms with E-state index in [1.165, 1.54) is 34.2 Å². The van der Waals surface area contributed by atoms with Gasteiger partial charge in [-0.1, -0.05) is 49.4 Å². The highest BCUT2D eigenvalue weighted by Crippen LogP contribution is 2.34. The first-order chi connectivity index (χ1) is 19.0. The van der Waals surface area contributed by atoms with Crippen LogP contribution in [-0.2, 0) is 6.61 Å². The van der Waals surface area contributed by atoms with Crippen LogP contribution in [0.25, 0.3) is 26.9 Å². The lowest BCUT2D eigenvalue weighted by atomic mass is 9.99. The maximum Gasteiger partial charge on any atom is 0.573 e. The molecule has 0 spiro atoms. The Kier molecular flexibility index (Phi) is 7.24. The molecule has 0 radical (unpaired) electrons. The van der Waals surface area contributed by atoms with Crippen LogP contribution in [0.2, 0.25) is 0 Å². The first kappa shape index (κ1) is 27.2. The predicted molar refractivity (Wildman–Crippen MR) is 145 cm³/mol. The molecule has 0 amide bonds. The van der Waals surface area contributed by atoms with E-state index in [9.17, 15) is 23.1 Å². The normalized spacial score (nSPS) is 11.8. The summed E-state index contributed by atoms with van der Waals surface area (Å²) in [6, 6.07) is 17.0. The lowest BCUT2D eigenvalue weighted by Gasteiger charge is -2.16. The van der Waals surface area contributed by atoms with Crippen molar-refractivity contribution < 1.29 is 32.5 Å². The lowest BCUT2D eigenvalue weighted by Crippen LogP contribution is -2.19. The van der Waals surface area contributed by atoms with Gasteiger partial charge in [0.25, 0.3) is 0 Å². The summed E-state index contributed by atoms with van der Waals surface area (Å²) in [5.41, 5.74) is 4.33. The van der Waals surface area contributed by atoms with Gasteiger partial charge in [-0.2, -0.15) is 0 Å². The molecule has 0 atom stereocenters. The predicted octanol–water partition coefficient (Wildman–Crippen LogP) is 7.76. The number of hydrogen-bond acceptors (Lipinski definition) is 6. The summed E-state index contributed by atoms with van der Waals surface area (Å²) < 4.78 is 51.6. The van der Waals surface area contributed by atoms with Gasteiger partial charge in [-0.15, -0.1) is 29.6 Å². The van der Waals surface area contributed by atoms with Gasteiger partial charge in [-0.05, 0) is 59.9 Å². The van der Waals surface area contributed by atoms with Gasteiger partial charge in [0.1, 0.15) is 23.7 Å². The molecule has 5 rings (SSSR count). The molecule has 11 heteroatoms. The van der Waals surface area contributed by atoms with E-state index in [1.807, 2.05) is 57.2 Å². The van der Waals surface area contributed by atoms with Crippen molar-refractivity contribution in [2.24, 2.45) is 0 Å². The van der Waals surface area contributed by atoms with Crippen molar-refractivity contribution in [1.29, 1.82) is 0 Å². The van der Waals surface area contributed by atoms with E-state index >= 15 is 0 Å². The molecule has 0 saturated heterocycles. The van der Waals surface area contributed by atoms with Crippen molar-refractivity contribution in [3.05, 3.63) is 88.6 Å². The molecule has 7 nitrogen and oxygen atoms in total. The Morgan fingerprint density at radius 2 is 1.88 bits per heavy atom. The molecule has 0 aliphatic heterocycles. The SMILES string of the molecule is Cc1cc(OCc2c(C(C)C)nnn2-c2ccccc2OC(F)(F)F)ccc1-c1ccc2c(C(=O)O)csc2c1. The summed E-state index contributed by atoms with van der Waals surface area (Å²) in [5, 5.41) is 20.0. The molecule has 206 valence electrons. The number of aryl methyl sites for hydroxylation is 1. The van der Waals surface area contributed by atoms with Crippen LogP contribution in [0.5, 0.6) is 11.5 Å². The minimum atomic E-state index is -4.86. The van der Waals surface area contributed by atoms with Gasteiger partial charge in [0.2, 0.25) is 0 Å². The molecule has 2 aromatic heterocycles. The number of aromatic carboxylic acids is 1. The number of thiophene rings is 1. The van der Waals surface area contributed by atoms with E-state index in [-0.39, 0.29) is 23.8 Å². The number of benzene rings is 3. The first-order valence-corrected chi connectivity index (χ1v) is 13.2. The number of halogens is 3. The number of aromatic nitrogens is 3. The molecule has 3 aromatic carbocycles. The molecule has 40 heavy (non-hydrogen) atoms. The number of carboxylic acids is 1. The summed E-state index contributed by atoms with van der Waals surface area (Å²) in [4.78, 5) is 11.4. The smallest absolute Gasteiger partial charge is 0.487 e. The Balaban J connectivity index is 1.42. The van der Waals surface area contributed by atoms with E-state index in [0.29, 0.717) is 22.5 Å². The molecule has 0 saturated carbocycles. The highest BCUT2D eigenvalue weighted by atomic mass is 32.1. The molecule has 1 N–H and O–H groups in total. The molecule has 5 aromatic rings. The van der Waals surface area contributed by atoms with Crippen LogP contribution in [0, 0.1) is 6.92 Å². The van der Waals surface area contributed by atoms with Crippen molar-refractivity contribution in [3.63, 3.8) is 0 Å². The maximum atomic E-state index is 13.0. The number of hydrogen-bond donors (Lipinski definition) is 1. The average Bonchev–Trinajstić information content (AvgIpc) is 3.51. The van der Waals surface area contributed by atoms with Crippen molar-refractivity contribution in [1.82, 2.24) is 15.0 Å². The zero-order valence-electron chi connectivity index (χ0n) is 21.7. The van der Waals surface area contributed by atoms with Gasteiger partial charge in [0.15, 0.2) is 5.75 Å². The van der Waals surface area contributed by atoms with Gasteiger partial charge >= 0.3 is 12.3 Å². The Bertz CT molecular complexity index is 1710. The number of nitrogens with zero attached hydrogens (tertiary/aromatic N) is 3. The van der Waals surface area contributed by atoms with Gasteiger partial charge in [0, 0.05) is 15.5 Å². The van der Waals surface area contributed by atoms with Crippen molar-refractivity contribution >= 4 is 27.4 Å².